The van der Waals surface area contributed by atoms with Gasteiger partial charge in [-0.2, -0.15) is 0 Å². The van der Waals surface area contributed by atoms with Crippen molar-refractivity contribution in [2.75, 3.05) is 6.54 Å². The lowest BCUT2D eigenvalue weighted by atomic mass is 9.49. The number of carbonyl (C=O) groups excluding carboxylic acids is 1. The van der Waals surface area contributed by atoms with Crippen molar-refractivity contribution in [3.63, 3.8) is 0 Å². The van der Waals surface area contributed by atoms with E-state index in [1.165, 1.54) is 49.9 Å². The molecule has 0 spiro atoms. The van der Waals surface area contributed by atoms with Crippen molar-refractivity contribution in [3.05, 3.63) is 29.0 Å². The summed E-state index contributed by atoms with van der Waals surface area (Å²) in [7, 11) is 0. The van der Waals surface area contributed by atoms with E-state index in [0.717, 1.165) is 46.3 Å². The van der Waals surface area contributed by atoms with Gasteiger partial charge in [0.25, 0.3) is 5.91 Å². The number of hydrogen-bond acceptors (Lipinski definition) is 5. The Balaban J connectivity index is 1.32. The van der Waals surface area contributed by atoms with Crippen molar-refractivity contribution in [1.29, 1.82) is 0 Å². The van der Waals surface area contributed by atoms with Crippen LogP contribution in [-0.4, -0.2) is 27.4 Å². The van der Waals surface area contributed by atoms with Gasteiger partial charge in [-0.1, -0.05) is 6.92 Å². The lowest BCUT2D eigenvalue weighted by Gasteiger charge is -2.56. The van der Waals surface area contributed by atoms with Crippen LogP contribution >= 0.6 is 11.3 Å². The molecule has 0 unspecified atom stereocenters. The zero-order valence-corrected chi connectivity index (χ0v) is 16.6. The van der Waals surface area contributed by atoms with E-state index in [2.05, 4.69) is 20.3 Å². The number of rotatable bonds is 5. The molecule has 2 heterocycles. The van der Waals surface area contributed by atoms with Crippen LogP contribution in [0.4, 0.5) is 0 Å². The van der Waals surface area contributed by atoms with Gasteiger partial charge in [-0.25, -0.2) is 15.0 Å². The molecule has 4 saturated carbocycles. The maximum Gasteiger partial charge on any atom is 0.263 e. The van der Waals surface area contributed by atoms with Crippen LogP contribution in [0.2, 0.25) is 0 Å². The summed E-state index contributed by atoms with van der Waals surface area (Å²) in [6.07, 6.45) is 12.4. The van der Waals surface area contributed by atoms with Crippen molar-refractivity contribution >= 4 is 17.2 Å². The molecule has 0 radical (unpaired) electrons. The van der Waals surface area contributed by atoms with Crippen LogP contribution in [0.3, 0.4) is 0 Å². The van der Waals surface area contributed by atoms with Crippen LogP contribution < -0.4 is 5.32 Å². The number of nitrogens with one attached hydrogen (secondary N) is 1. The van der Waals surface area contributed by atoms with Gasteiger partial charge in [-0.3, -0.25) is 4.79 Å². The molecule has 1 amide bonds. The summed E-state index contributed by atoms with van der Waals surface area (Å²) in [5.41, 5.74) is 1.21. The normalized spacial score (nSPS) is 31.2. The van der Waals surface area contributed by atoms with Gasteiger partial charge in [0.2, 0.25) is 0 Å². The molecule has 2 aromatic rings. The molecule has 0 aromatic carbocycles. The molecule has 1 N–H and O–H groups in total. The Morgan fingerprint density at radius 1 is 1.15 bits per heavy atom. The van der Waals surface area contributed by atoms with Crippen LogP contribution in [0.25, 0.3) is 10.8 Å². The largest absolute Gasteiger partial charge is 0.351 e. The maximum absolute atomic E-state index is 13.0. The van der Waals surface area contributed by atoms with E-state index < -0.39 is 0 Å². The predicted molar refractivity (Wildman–Crippen MR) is 105 cm³/mol. The predicted octanol–water partition coefficient (Wildman–Crippen LogP) is 4.11. The van der Waals surface area contributed by atoms with E-state index in [9.17, 15) is 4.79 Å². The lowest BCUT2D eigenvalue weighted by Crippen LogP contribution is -2.51. The smallest absolute Gasteiger partial charge is 0.263 e. The second-order valence-corrected chi connectivity index (χ2v) is 9.82. The van der Waals surface area contributed by atoms with Crippen LogP contribution in [0.15, 0.2) is 18.5 Å². The zero-order chi connectivity index (χ0) is 18.4. The molecule has 142 valence electrons. The second-order valence-electron chi connectivity index (χ2n) is 8.82. The summed E-state index contributed by atoms with van der Waals surface area (Å²) in [6.45, 7) is 2.87. The third kappa shape index (κ3) is 3.18. The fraction of sp³-hybridized carbons (Fsp3) is 0.619. The quantitative estimate of drug-likeness (QED) is 0.845. The average molecular weight is 383 g/mol. The van der Waals surface area contributed by atoms with Gasteiger partial charge in [0.05, 0.1) is 5.69 Å². The number of hydrogen-bond donors (Lipinski definition) is 1. The van der Waals surface area contributed by atoms with E-state index in [1.54, 1.807) is 18.5 Å². The van der Waals surface area contributed by atoms with Gasteiger partial charge >= 0.3 is 0 Å². The molecule has 4 bridgehead atoms. The minimum atomic E-state index is 0.0299. The Hall–Kier alpha value is -1.82. The fourth-order valence-electron chi connectivity index (χ4n) is 6.13. The van der Waals surface area contributed by atoms with Crippen LogP contribution in [0, 0.1) is 23.2 Å². The summed E-state index contributed by atoms with van der Waals surface area (Å²) in [5, 5.41) is 4.02. The fourth-order valence-corrected chi connectivity index (χ4v) is 7.15. The van der Waals surface area contributed by atoms with E-state index in [-0.39, 0.29) is 5.91 Å². The molecule has 6 rings (SSSR count). The summed E-state index contributed by atoms with van der Waals surface area (Å²) < 4.78 is 0. The van der Waals surface area contributed by atoms with Crippen LogP contribution in [0.1, 0.15) is 60.8 Å². The van der Waals surface area contributed by atoms with Gasteiger partial charge in [-0.15, -0.1) is 11.3 Å². The average Bonchev–Trinajstić information content (AvgIpc) is 3.10. The first-order valence-electron chi connectivity index (χ1n) is 10.2. The molecule has 2 aromatic heterocycles. The highest BCUT2D eigenvalue weighted by Crippen LogP contribution is 2.59. The van der Waals surface area contributed by atoms with E-state index in [4.69, 9.17) is 0 Å². The Morgan fingerprint density at radius 2 is 1.78 bits per heavy atom. The minimum absolute atomic E-state index is 0.0299. The summed E-state index contributed by atoms with van der Waals surface area (Å²) >= 11 is 1.41. The first-order valence-corrected chi connectivity index (χ1v) is 11.0. The second kappa shape index (κ2) is 6.66. The van der Waals surface area contributed by atoms with E-state index >= 15 is 0 Å². The van der Waals surface area contributed by atoms with Crippen LogP contribution in [-0.2, 0) is 6.42 Å². The molecule has 0 saturated heterocycles. The summed E-state index contributed by atoms with van der Waals surface area (Å²) in [5.74, 6) is 3.35. The molecule has 27 heavy (non-hydrogen) atoms. The lowest BCUT2D eigenvalue weighted by molar-refractivity contribution is -0.0503. The molecule has 4 fully saturated rings. The van der Waals surface area contributed by atoms with Gasteiger partial charge < -0.3 is 5.32 Å². The number of aryl methyl sites for hydroxylation is 1. The van der Waals surface area contributed by atoms with Crippen molar-refractivity contribution in [2.45, 2.75) is 51.9 Å². The third-order valence-electron chi connectivity index (χ3n) is 6.78. The number of thiazole rings is 1. The Kier molecular flexibility index (Phi) is 4.26. The molecule has 0 atom stereocenters. The third-order valence-corrected chi connectivity index (χ3v) is 7.88. The number of nitrogens with zero attached hydrogens (tertiary/aromatic N) is 3. The summed E-state index contributed by atoms with van der Waals surface area (Å²) in [6, 6.07) is 1.79. The highest BCUT2D eigenvalue weighted by atomic mass is 32.1. The Labute approximate surface area is 164 Å². The number of carbonyl (C=O) groups is 1. The maximum atomic E-state index is 13.0. The first-order chi connectivity index (χ1) is 13.1. The monoisotopic (exact) mass is 382 g/mol. The van der Waals surface area contributed by atoms with E-state index in [1.807, 2.05) is 6.92 Å². The van der Waals surface area contributed by atoms with Gasteiger partial charge in [0, 0.05) is 18.9 Å². The molecular formula is C21H26N4OS. The zero-order valence-electron chi connectivity index (χ0n) is 15.8. The number of amides is 1. The van der Waals surface area contributed by atoms with Crippen LogP contribution in [0.5, 0.6) is 0 Å². The molecular weight excluding hydrogens is 356 g/mol. The topological polar surface area (TPSA) is 67.8 Å². The summed E-state index contributed by atoms with van der Waals surface area (Å²) in [4.78, 5) is 26.9. The standard InChI is InChI=1S/C21H26N4OS/c1-2-16-17(27-20(25-16)18-22-4-3-5-23-18)19(26)24-12-21-9-13-6-14(10-21)8-15(7-13)11-21/h3-5,13-15H,2,6-12H2,1H3,(H,24,26). The SMILES string of the molecule is CCc1nc(-c2ncccn2)sc1C(=O)NCC12CC3CC(CC(C3)C1)C2. The van der Waals surface area contributed by atoms with Crippen molar-refractivity contribution in [1.82, 2.24) is 20.3 Å². The van der Waals surface area contributed by atoms with Gasteiger partial charge in [-0.05, 0) is 74.2 Å². The first kappa shape index (κ1) is 17.3. The van der Waals surface area contributed by atoms with Crippen molar-refractivity contribution < 1.29 is 4.79 Å². The van der Waals surface area contributed by atoms with Crippen molar-refractivity contribution in [3.8, 4) is 10.8 Å². The molecule has 6 heteroatoms. The molecule has 5 nitrogen and oxygen atoms in total. The molecule has 4 aliphatic rings. The van der Waals surface area contributed by atoms with Crippen molar-refractivity contribution in [2.24, 2.45) is 23.2 Å². The molecule has 4 aliphatic carbocycles. The van der Waals surface area contributed by atoms with Gasteiger partial charge in [0.1, 0.15) is 4.88 Å². The highest BCUT2D eigenvalue weighted by molar-refractivity contribution is 7.17. The highest BCUT2D eigenvalue weighted by Gasteiger charge is 2.50. The van der Waals surface area contributed by atoms with Gasteiger partial charge in [0.15, 0.2) is 10.8 Å². The Morgan fingerprint density at radius 3 is 2.37 bits per heavy atom. The molecule has 0 aliphatic heterocycles. The van der Waals surface area contributed by atoms with E-state index in [0.29, 0.717) is 11.2 Å². The number of aromatic nitrogens is 3. The minimum Gasteiger partial charge on any atom is -0.351 e. The Bertz CT molecular complexity index is 812.